The highest BCUT2D eigenvalue weighted by Crippen LogP contribution is 2.25. The van der Waals surface area contributed by atoms with Gasteiger partial charge in [0.2, 0.25) is 0 Å². The SMILES string of the molecule is O=[N+]([O-])c1ccc2ncnc(NCc3ccccc3Cl)c2c1. The zero-order valence-electron chi connectivity index (χ0n) is 11.4. The van der Waals surface area contributed by atoms with Crippen LogP contribution < -0.4 is 5.32 Å². The van der Waals surface area contributed by atoms with Gasteiger partial charge in [0.05, 0.1) is 10.4 Å². The van der Waals surface area contributed by atoms with Gasteiger partial charge in [0.15, 0.2) is 0 Å². The molecule has 0 bridgehead atoms. The van der Waals surface area contributed by atoms with Crippen molar-refractivity contribution in [3.8, 4) is 0 Å². The van der Waals surface area contributed by atoms with Gasteiger partial charge in [0.25, 0.3) is 5.69 Å². The maximum absolute atomic E-state index is 10.9. The van der Waals surface area contributed by atoms with Crippen molar-refractivity contribution in [3.05, 3.63) is 69.5 Å². The van der Waals surface area contributed by atoms with Crippen LogP contribution in [0.3, 0.4) is 0 Å². The average molecular weight is 315 g/mol. The maximum atomic E-state index is 10.9. The Labute approximate surface area is 130 Å². The first kappa shape index (κ1) is 14.2. The quantitative estimate of drug-likeness (QED) is 0.585. The Bertz CT molecular complexity index is 854. The third-order valence-corrected chi connectivity index (χ3v) is 3.60. The number of nitro groups is 1. The van der Waals surface area contributed by atoms with Gasteiger partial charge in [0.1, 0.15) is 12.1 Å². The van der Waals surface area contributed by atoms with Crippen molar-refractivity contribution in [2.24, 2.45) is 0 Å². The molecule has 0 atom stereocenters. The molecule has 7 heteroatoms. The molecule has 3 aromatic rings. The molecule has 0 aliphatic heterocycles. The first-order valence-electron chi connectivity index (χ1n) is 6.51. The van der Waals surface area contributed by atoms with Crippen molar-refractivity contribution in [1.82, 2.24) is 9.97 Å². The molecule has 1 aromatic heterocycles. The van der Waals surface area contributed by atoms with Gasteiger partial charge in [0, 0.05) is 29.1 Å². The van der Waals surface area contributed by atoms with E-state index in [9.17, 15) is 10.1 Å². The Hall–Kier alpha value is -2.73. The van der Waals surface area contributed by atoms with Gasteiger partial charge in [-0.3, -0.25) is 10.1 Å². The predicted octanol–water partition coefficient (Wildman–Crippen LogP) is 3.80. The van der Waals surface area contributed by atoms with Gasteiger partial charge in [-0.2, -0.15) is 0 Å². The summed E-state index contributed by atoms with van der Waals surface area (Å²) >= 11 is 6.11. The summed E-state index contributed by atoms with van der Waals surface area (Å²) in [5.74, 6) is 0.536. The lowest BCUT2D eigenvalue weighted by molar-refractivity contribution is -0.384. The average Bonchev–Trinajstić information content (AvgIpc) is 2.53. The third kappa shape index (κ3) is 2.82. The van der Waals surface area contributed by atoms with Crippen LogP contribution in [0.25, 0.3) is 10.9 Å². The Morgan fingerprint density at radius 2 is 2.00 bits per heavy atom. The molecule has 0 aliphatic carbocycles. The standard InChI is InChI=1S/C15H11ClN4O2/c16-13-4-2-1-3-10(13)8-17-15-12-7-11(20(21)22)5-6-14(12)18-9-19-15/h1-7,9H,8H2,(H,17,18,19). The zero-order chi connectivity index (χ0) is 15.5. The van der Waals surface area contributed by atoms with E-state index in [2.05, 4.69) is 15.3 Å². The van der Waals surface area contributed by atoms with E-state index in [-0.39, 0.29) is 5.69 Å². The number of fused-ring (bicyclic) bond motifs is 1. The van der Waals surface area contributed by atoms with Crippen LogP contribution in [-0.4, -0.2) is 14.9 Å². The number of aromatic nitrogens is 2. The number of nitro benzene ring substituents is 1. The van der Waals surface area contributed by atoms with E-state index in [1.807, 2.05) is 24.3 Å². The number of anilines is 1. The molecule has 1 heterocycles. The Kier molecular flexibility index (Phi) is 3.84. The number of hydrogen-bond donors (Lipinski definition) is 1. The number of benzene rings is 2. The van der Waals surface area contributed by atoms with E-state index >= 15 is 0 Å². The van der Waals surface area contributed by atoms with E-state index < -0.39 is 4.92 Å². The first-order chi connectivity index (χ1) is 10.6. The molecule has 6 nitrogen and oxygen atoms in total. The van der Waals surface area contributed by atoms with Gasteiger partial charge < -0.3 is 5.32 Å². The molecule has 0 saturated heterocycles. The molecule has 110 valence electrons. The molecular formula is C15H11ClN4O2. The molecule has 22 heavy (non-hydrogen) atoms. The van der Waals surface area contributed by atoms with Crippen LogP contribution in [0.2, 0.25) is 5.02 Å². The zero-order valence-corrected chi connectivity index (χ0v) is 12.1. The number of rotatable bonds is 4. The van der Waals surface area contributed by atoms with Crippen LogP contribution in [0.15, 0.2) is 48.8 Å². The monoisotopic (exact) mass is 314 g/mol. The number of non-ortho nitro benzene ring substituents is 1. The minimum Gasteiger partial charge on any atom is -0.365 e. The Morgan fingerprint density at radius 3 is 2.77 bits per heavy atom. The predicted molar refractivity (Wildman–Crippen MR) is 85.0 cm³/mol. The van der Waals surface area contributed by atoms with Crippen molar-refractivity contribution in [3.63, 3.8) is 0 Å². The van der Waals surface area contributed by atoms with Crippen LogP contribution >= 0.6 is 11.6 Å². The second kappa shape index (κ2) is 5.95. The molecule has 0 amide bonds. The number of hydrogen-bond acceptors (Lipinski definition) is 5. The number of nitrogens with zero attached hydrogens (tertiary/aromatic N) is 3. The van der Waals surface area contributed by atoms with E-state index in [0.29, 0.717) is 28.3 Å². The molecule has 0 fully saturated rings. The molecule has 0 saturated carbocycles. The molecular weight excluding hydrogens is 304 g/mol. The number of nitrogens with one attached hydrogen (secondary N) is 1. The normalized spacial score (nSPS) is 10.6. The summed E-state index contributed by atoms with van der Waals surface area (Å²) in [5, 5.41) is 15.3. The fraction of sp³-hybridized carbons (Fsp3) is 0.0667. The molecule has 0 spiro atoms. The second-order valence-corrected chi connectivity index (χ2v) is 5.03. The largest absolute Gasteiger partial charge is 0.365 e. The number of halogens is 1. The summed E-state index contributed by atoms with van der Waals surface area (Å²) in [6, 6.07) is 12.0. The summed E-state index contributed by atoms with van der Waals surface area (Å²) in [7, 11) is 0. The van der Waals surface area contributed by atoms with E-state index in [1.165, 1.54) is 18.5 Å². The second-order valence-electron chi connectivity index (χ2n) is 4.63. The highest BCUT2D eigenvalue weighted by atomic mass is 35.5. The Morgan fingerprint density at radius 1 is 1.18 bits per heavy atom. The maximum Gasteiger partial charge on any atom is 0.270 e. The first-order valence-corrected chi connectivity index (χ1v) is 6.89. The molecule has 2 aromatic carbocycles. The van der Waals surface area contributed by atoms with Crippen molar-refractivity contribution in [2.75, 3.05) is 5.32 Å². The lowest BCUT2D eigenvalue weighted by atomic mass is 10.2. The van der Waals surface area contributed by atoms with E-state index in [1.54, 1.807) is 6.07 Å². The lowest BCUT2D eigenvalue weighted by Crippen LogP contribution is -2.03. The summed E-state index contributed by atoms with van der Waals surface area (Å²) in [5.41, 5.74) is 1.56. The lowest BCUT2D eigenvalue weighted by Gasteiger charge is -2.09. The molecule has 0 aliphatic rings. The summed E-state index contributed by atoms with van der Waals surface area (Å²) < 4.78 is 0. The van der Waals surface area contributed by atoms with Crippen LogP contribution in [0, 0.1) is 10.1 Å². The van der Waals surface area contributed by atoms with Gasteiger partial charge in [-0.1, -0.05) is 29.8 Å². The fourth-order valence-corrected chi connectivity index (χ4v) is 2.32. The van der Waals surface area contributed by atoms with Crippen molar-refractivity contribution in [1.29, 1.82) is 0 Å². The van der Waals surface area contributed by atoms with Crippen molar-refractivity contribution < 1.29 is 4.92 Å². The van der Waals surface area contributed by atoms with Gasteiger partial charge in [-0.25, -0.2) is 9.97 Å². The van der Waals surface area contributed by atoms with Gasteiger partial charge in [-0.05, 0) is 17.7 Å². The van der Waals surface area contributed by atoms with E-state index in [0.717, 1.165) is 5.56 Å². The Balaban J connectivity index is 1.94. The highest BCUT2D eigenvalue weighted by Gasteiger charge is 2.10. The molecule has 1 N–H and O–H groups in total. The fourth-order valence-electron chi connectivity index (χ4n) is 2.12. The summed E-state index contributed by atoms with van der Waals surface area (Å²) in [4.78, 5) is 18.7. The van der Waals surface area contributed by atoms with Crippen molar-refractivity contribution in [2.45, 2.75) is 6.54 Å². The smallest absolute Gasteiger partial charge is 0.270 e. The minimum atomic E-state index is -0.440. The van der Waals surface area contributed by atoms with Crippen molar-refractivity contribution >= 4 is 34.0 Å². The van der Waals surface area contributed by atoms with E-state index in [4.69, 9.17) is 11.6 Å². The third-order valence-electron chi connectivity index (χ3n) is 3.23. The summed E-state index contributed by atoms with van der Waals surface area (Å²) in [6.07, 6.45) is 1.42. The van der Waals surface area contributed by atoms with Crippen LogP contribution in [0.5, 0.6) is 0 Å². The van der Waals surface area contributed by atoms with Gasteiger partial charge >= 0.3 is 0 Å². The molecule has 0 radical (unpaired) electrons. The van der Waals surface area contributed by atoms with Crippen LogP contribution in [-0.2, 0) is 6.54 Å². The van der Waals surface area contributed by atoms with Crippen LogP contribution in [0.1, 0.15) is 5.56 Å². The molecule has 3 rings (SSSR count). The van der Waals surface area contributed by atoms with Crippen LogP contribution in [0.4, 0.5) is 11.5 Å². The molecule has 0 unspecified atom stereocenters. The minimum absolute atomic E-state index is 0.00286. The summed E-state index contributed by atoms with van der Waals surface area (Å²) in [6.45, 7) is 0.467. The highest BCUT2D eigenvalue weighted by molar-refractivity contribution is 6.31. The van der Waals surface area contributed by atoms with Gasteiger partial charge in [-0.15, -0.1) is 0 Å². The topological polar surface area (TPSA) is 81.0 Å².